The quantitative estimate of drug-likeness (QED) is 0.433. The number of hydrogen-bond donors (Lipinski definition) is 0. The van der Waals surface area contributed by atoms with Crippen LogP contribution in [0.3, 0.4) is 0 Å². The van der Waals surface area contributed by atoms with Crippen molar-refractivity contribution < 1.29 is 0 Å². The Morgan fingerprint density at radius 1 is 1.11 bits per heavy atom. The Morgan fingerprint density at radius 3 is 2.33 bits per heavy atom. The SMILES string of the molecule is C=C1CCC2CCC2C1. The van der Waals surface area contributed by atoms with Crippen LogP contribution in [0.4, 0.5) is 0 Å². The minimum Gasteiger partial charge on any atom is -0.0999 e. The molecule has 0 aliphatic heterocycles. The van der Waals surface area contributed by atoms with Gasteiger partial charge in [-0.25, -0.2) is 0 Å². The summed E-state index contributed by atoms with van der Waals surface area (Å²) < 4.78 is 0. The zero-order valence-corrected chi connectivity index (χ0v) is 5.90. The van der Waals surface area contributed by atoms with Crippen molar-refractivity contribution in [3.8, 4) is 0 Å². The average molecular weight is 122 g/mol. The van der Waals surface area contributed by atoms with Crippen LogP contribution in [0.1, 0.15) is 32.1 Å². The molecule has 2 unspecified atom stereocenters. The molecule has 2 atom stereocenters. The first-order chi connectivity index (χ1) is 4.36. The molecule has 0 nitrogen and oxygen atoms in total. The van der Waals surface area contributed by atoms with Gasteiger partial charge >= 0.3 is 0 Å². The smallest absolute Gasteiger partial charge is 0.0292 e. The van der Waals surface area contributed by atoms with Crippen LogP contribution in [-0.4, -0.2) is 0 Å². The van der Waals surface area contributed by atoms with Crippen LogP contribution in [0.25, 0.3) is 0 Å². The lowest BCUT2D eigenvalue weighted by Gasteiger charge is -2.41. The van der Waals surface area contributed by atoms with Gasteiger partial charge in [0.25, 0.3) is 0 Å². The Morgan fingerprint density at radius 2 is 1.89 bits per heavy atom. The van der Waals surface area contributed by atoms with Gasteiger partial charge in [0.15, 0.2) is 0 Å². The Labute approximate surface area is 57.0 Å². The maximum atomic E-state index is 4.03. The van der Waals surface area contributed by atoms with E-state index in [4.69, 9.17) is 0 Å². The number of hydrogen-bond acceptors (Lipinski definition) is 0. The van der Waals surface area contributed by atoms with E-state index in [2.05, 4.69) is 6.58 Å². The van der Waals surface area contributed by atoms with Gasteiger partial charge in [0.2, 0.25) is 0 Å². The highest BCUT2D eigenvalue weighted by Gasteiger charge is 2.33. The third kappa shape index (κ3) is 0.810. The minimum atomic E-state index is 1.06. The first-order valence-electron chi connectivity index (χ1n) is 4.03. The van der Waals surface area contributed by atoms with Gasteiger partial charge in [-0.05, 0) is 43.9 Å². The fourth-order valence-corrected chi connectivity index (χ4v) is 2.15. The van der Waals surface area contributed by atoms with E-state index < -0.39 is 0 Å². The normalized spacial score (nSPS) is 41.6. The predicted octanol–water partition coefficient (Wildman–Crippen LogP) is 2.75. The molecule has 0 radical (unpaired) electrons. The van der Waals surface area contributed by atoms with Gasteiger partial charge in [0.1, 0.15) is 0 Å². The second-order valence-corrected chi connectivity index (χ2v) is 3.59. The monoisotopic (exact) mass is 122 g/mol. The summed E-state index contributed by atoms with van der Waals surface area (Å²) in [6.45, 7) is 4.03. The summed E-state index contributed by atoms with van der Waals surface area (Å²) in [5.74, 6) is 2.17. The summed E-state index contributed by atoms with van der Waals surface area (Å²) in [6.07, 6.45) is 7.12. The van der Waals surface area contributed by atoms with Crippen LogP contribution in [0.2, 0.25) is 0 Å². The molecule has 0 saturated heterocycles. The molecule has 50 valence electrons. The molecular weight excluding hydrogens is 108 g/mol. The molecule has 2 fully saturated rings. The van der Waals surface area contributed by atoms with Crippen molar-refractivity contribution in [1.29, 1.82) is 0 Å². The molecule has 2 aliphatic rings. The standard InChI is InChI=1S/C9H14/c1-7-2-3-8-4-5-9(8)6-7/h8-9H,1-6H2. The van der Waals surface area contributed by atoms with E-state index in [0.717, 1.165) is 11.8 Å². The van der Waals surface area contributed by atoms with E-state index in [1.165, 1.54) is 37.7 Å². The first-order valence-corrected chi connectivity index (χ1v) is 4.03. The van der Waals surface area contributed by atoms with Crippen LogP contribution in [0, 0.1) is 11.8 Å². The van der Waals surface area contributed by atoms with Gasteiger partial charge in [0, 0.05) is 0 Å². The molecule has 9 heavy (non-hydrogen) atoms. The maximum Gasteiger partial charge on any atom is -0.0292 e. The Hall–Kier alpha value is -0.260. The van der Waals surface area contributed by atoms with Gasteiger partial charge in [-0.3, -0.25) is 0 Å². The molecule has 0 aromatic heterocycles. The van der Waals surface area contributed by atoms with Gasteiger partial charge < -0.3 is 0 Å². The minimum absolute atomic E-state index is 1.06. The second kappa shape index (κ2) is 1.86. The molecule has 0 aromatic rings. The molecule has 0 heterocycles. The lowest BCUT2D eigenvalue weighted by molar-refractivity contribution is 0.141. The lowest BCUT2D eigenvalue weighted by Crippen LogP contribution is -2.29. The molecule has 0 aromatic carbocycles. The van der Waals surface area contributed by atoms with Crippen LogP contribution in [0.5, 0.6) is 0 Å². The largest absolute Gasteiger partial charge is 0.0999 e. The van der Waals surface area contributed by atoms with E-state index in [1.54, 1.807) is 0 Å². The van der Waals surface area contributed by atoms with Crippen molar-refractivity contribution in [2.45, 2.75) is 32.1 Å². The maximum absolute atomic E-state index is 4.03. The van der Waals surface area contributed by atoms with Crippen molar-refractivity contribution in [3.63, 3.8) is 0 Å². The van der Waals surface area contributed by atoms with Gasteiger partial charge in [-0.1, -0.05) is 12.2 Å². The Balaban J connectivity index is 1.99. The van der Waals surface area contributed by atoms with Crippen molar-refractivity contribution in [2.24, 2.45) is 11.8 Å². The average Bonchev–Trinajstić information content (AvgIpc) is 1.78. The highest BCUT2D eigenvalue weighted by atomic mass is 14.4. The highest BCUT2D eigenvalue weighted by Crippen LogP contribution is 2.45. The number of rotatable bonds is 0. The molecule has 2 aliphatic carbocycles. The van der Waals surface area contributed by atoms with Gasteiger partial charge in [-0.2, -0.15) is 0 Å². The first kappa shape index (κ1) is 5.52. The Bertz CT molecular complexity index is 135. The van der Waals surface area contributed by atoms with Crippen LogP contribution in [0.15, 0.2) is 12.2 Å². The highest BCUT2D eigenvalue weighted by molar-refractivity contribution is 5.04. The summed E-state index contributed by atoms with van der Waals surface area (Å²) in [5.41, 5.74) is 1.51. The summed E-state index contributed by atoms with van der Waals surface area (Å²) in [7, 11) is 0. The van der Waals surface area contributed by atoms with E-state index >= 15 is 0 Å². The van der Waals surface area contributed by atoms with Crippen LogP contribution >= 0.6 is 0 Å². The lowest BCUT2D eigenvalue weighted by atomic mass is 9.65. The van der Waals surface area contributed by atoms with E-state index in [0.29, 0.717) is 0 Å². The Kier molecular flexibility index (Phi) is 1.14. The fourth-order valence-electron chi connectivity index (χ4n) is 2.15. The molecule has 0 heteroatoms. The van der Waals surface area contributed by atoms with Crippen molar-refractivity contribution in [3.05, 3.63) is 12.2 Å². The van der Waals surface area contributed by atoms with Crippen molar-refractivity contribution in [2.75, 3.05) is 0 Å². The van der Waals surface area contributed by atoms with Crippen LogP contribution < -0.4 is 0 Å². The topological polar surface area (TPSA) is 0 Å². The van der Waals surface area contributed by atoms with Gasteiger partial charge in [0.05, 0.1) is 0 Å². The molecule has 0 N–H and O–H groups in total. The third-order valence-corrected chi connectivity index (χ3v) is 2.99. The molecular formula is C9H14. The fraction of sp³-hybridized carbons (Fsp3) is 0.778. The van der Waals surface area contributed by atoms with E-state index in [-0.39, 0.29) is 0 Å². The van der Waals surface area contributed by atoms with E-state index in [1.807, 2.05) is 0 Å². The summed E-state index contributed by atoms with van der Waals surface area (Å²) in [6, 6.07) is 0. The van der Waals surface area contributed by atoms with Crippen LogP contribution in [-0.2, 0) is 0 Å². The number of allylic oxidation sites excluding steroid dienone is 1. The summed E-state index contributed by atoms with van der Waals surface area (Å²) in [4.78, 5) is 0. The molecule has 0 amide bonds. The van der Waals surface area contributed by atoms with Gasteiger partial charge in [-0.15, -0.1) is 0 Å². The second-order valence-electron chi connectivity index (χ2n) is 3.59. The number of fused-ring (bicyclic) bond motifs is 1. The third-order valence-electron chi connectivity index (χ3n) is 2.99. The van der Waals surface area contributed by atoms with Crippen molar-refractivity contribution >= 4 is 0 Å². The molecule has 0 bridgehead atoms. The molecule has 2 rings (SSSR count). The zero-order valence-electron chi connectivity index (χ0n) is 5.90. The predicted molar refractivity (Wildman–Crippen MR) is 39.2 cm³/mol. The molecule has 0 spiro atoms. The summed E-state index contributed by atoms with van der Waals surface area (Å²) >= 11 is 0. The summed E-state index contributed by atoms with van der Waals surface area (Å²) in [5, 5.41) is 0. The van der Waals surface area contributed by atoms with Crippen molar-refractivity contribution in [1.82, 2.24) is 0 Å². The molecule has 2 saturated carbocycles. The zero-order chi connectivity index (χ0) is 6.27. The van der Waals surface area contributed by atoms with E-state index in [9.17, 15) is 0 Å².